The third-order valence-electron chi connectivity index (χ3n) is 6.49. The third-order valence-corrected chi connectivity index (χ3v) is 6.49. The van der Waals surface area contributed by atoms with E-state index >= 15 is 0 Å². The first-order valence-corrected chi connectivity index (χ1v) is 12.0. The van der Waals surface area contributed by atoms with Crippen molar-refractivity contribution in [3.63, 3.8) is 0 Å². The fourth-order valence-corrected chi connectivity index (χ4v) is 4.62. The first kappa shape index (κ1) is 21.5. The van der Waals surface area contributed by atoms with Crippen molar-refractivity contribution >= 4 is 33.4 Å². The number of aromatic amines is 2. The van der Waals surface area contributed by atoms with Gasteiger partial charge in [0.2, 0.25) is 0 Å². The van der Waals surface area contributed by atoms with Gasteiger partial charge in [0.05, 0.1) is 35.0 Å². The van der Waals surface area contributed by atoms with E-state index < -0.39 is 6.23 Å². The van der Waals surface area contributed by atoms with Gasteiger partial charge in [0.15, 0.2) is 11.5 Å². The molecule has 1 aliphatic rings. The second-order valence-corrected chi connectivity index (χ2v) is 8.88. The van der Waals surface area contributed by atoms with E-state index in [4.69, 9.17) is 4.98 Å². The van der Waals surface area contributed by atoms with Gasteiger partial charge in [0, 0.05) is 36.4 Å². The molecule has 0 spiro atoms. The van der Waals surface area contributed by atoms with Gasteiger partial charge in [0.1, 0.15) is 17.4 Å². The van der Waals surface area contributed by atoms with Crippen LogP contribution in [0.25, 0.3) is 44.8 Å². The molecule has 5 aromatic heterocycles. The van der Waals surface area contributed by atoms with Gasteiger partial charge in [-0.3, -0.25) is 15.1 Å². The molecule has 178 valence electrons. The normalized spacial score (nSPS) is 15.1. The summed E-state index contributed by atoms with van der Waals surface area (Å²) in [5.74, 6) is 0.667. The summed E-state index contributed by atoms with van der Waals surface area (Å²) in [6.45, 7) is 4.00. The van der Waals surface area contributed by atoms with Crippen LogP contribution in [0.3, 0.4) is 0 Å². The second-order valence-electron chi connectivity index (χ2n) is 8.88. The highest BCUT2D eigenvalue weighted by Crippen LogP contribution is 2.32. The van der Waals surface area contributed by atoms with Crippen LogP contribution in [-0.4, -0.2) is 59.5 Å². The summed E-state index contributed by atoms with van der Waals surface area (Å²) in [6.07, 6.45) is 10.7. The van der Waals surface area contributed by atoms with Gasteiger partial charge >= 0.3 is 0 Å². The van der Waals surface area contributed by atoms with Gasteiger partial charge in [-0.05, 0) is 43.9 Å². The van der Waals surface area contributed by atoms with Crippen molar-refractivity contribution in [2.75, 3.05) is 23.3 Å². The number of aliphatic hydroxyl groups is 1. The van der Waals surface area contributed by atoms with Crippen LogP contribution in [0.15, 0.2) is 43.0 Å². The molecule has 10 heteroatoms. The molecule has 1 fully saturated rings. The first-order chi connectivity index (χ1) is 17.2. The number of aromatic nitrogens is 7. The number of pyridine rings is 3. The quantitative estimate of drug-likeness (QED) is 0.274. The van der Waals surface area contributed by atoms with Crippen molar-refractivity contribution in [3.05, 3.63) is 43.0 Å². The van der Waals surface area contributed by atoms with Gasteiger partial charge in [-0.15, -0.1) is 0 Å². The number of anilines is 2. The minimum absolute atomic E-state index is 0.596. The summed E-state index contributed by atoms with van der Waals surface area (Å²) in [5.41, 5.74) is 6.63. The maximum atomic E-state index is 9.93. The largest absolute Gasteiger partial charge is 0.374 e. The SMILES string of the molecule is CCC(O)Nc1cncc(-c2cc3c(-c4nc5nccc(N6CCCCC6)c5[nH]4)n[nH]c3cn2)c1. The van der Waals surface area contributed by atoms with E-state index in [2.05, 4.69) is 46.4 Å². The Morgan fingerprint density at radius 1 is 1.11 bits per heavy atom. The minimum Gasteiger partial charge on any atom is -0.374 e. The highest BCUT2D eigenvalue weighted by molar-refractivity contribution is 5.96. The van der Waals surface area contributed by atoms with Crippen LogP contribution in [0.1, 0.15) is 32.6 Å². The maximum absolute atomic E-state index is 9.93. The number of nitrogens with one attached hydrogen (secondary N) is 3. The summed E-state index contributed by atoms with van der Waals surface area (Å²) < 4.78 is 0. The van der Waals surface area contributed by atoms with E-state index in [9.17, 15) is 5.11 Å². The molecule has 6 heterocycles. The molecule has 0 aliphatic carbocycles. The van der Waals surface area contributed by atoms with E-state index in [-0.39, 0.29) is 0 Å². The highest BCUT2D eigenvalue weighted by atomic mass is 16.3. The predicted octanol–water partition coefficient (Wildman–Crippen LogP) is 4.09. The zero-order valence-electron chi connectivity index (χ0n) is 19.5. The molecular weight excluding hydrogens is 442 g/mol. The lowest BCUT2D eigenvalue weighted by Crippen LogP contribution is -2.29. The van der Waals surface area contributed by atoms with Gasteiger partial charge in [-0.25, -0.2) is 9.97 Å². The molecule has 1 unspecified atom stereocenters. The monoisotopic (exact) mass is 469 g/mol. The highest BCUT2D eigenvalue weighted by Gasteiger charge is 2.19. The molecule has 0 radical (unpaired) electrons. The van der Waals surface area contributed by atoms with E-state index in [1.54, 1.807) is 18.6 Å². The Morgan fingerprint density at radius 3 is 2.86 bits per heavy atom. The number of rotatable bonds is 6. The summed E-state index contributed by atoms with van der Waals surface area (Å²) in [5, 5.41) is 21.5. The maximum Gasteiger partial charge on any atom is 0.180 e. The lowest BCUT2D eigenvalue weighted by Gasteiger charge is -2.28. The van der Waals surface area contributed by atoms with Crippen LogP contribution in [0.4, 0.5) is 11.4 Å². The molecule has 4 N–H and O–H groups in total. The molecular formula is C25H27N9O. The third kappa shape index (κ3) is 4.06. The molecule has 1 aliphatic heterocycles. The molecule has 0 amide bonds. The van der Waals surface area contributed by atoms with Gasteiger partial charge in [-0.1, -0.05) is 6.92 Å². The van der Waals surface area contributed by atoms with Crippen LogP contribution in [0.2, 0.25) is 0 Å². The summed E-state index contributed by atoms with van der Waals surface area (Å²) in [7, 11) is 0. The number of H-pyrrole nitrogens is 2. The zero-order chi connectivity index (χ0) is 23.8. The van der Waals surface area contributed by atoms with E-state index in [0.29, 0.717) is 17.9 Å². The Morgan fingerprint density at radius 2 is 2.00 bits per heavy atom. The number of hydrogen-bond acceptors (Lipinski definition) is 8. The lowest BCUT2D eigenvalue weighted by molar-refractivity contribution is 0.199. The van der Waals surface area contributed by atoms with Crippen molar-refractivity contribution in [3.8, 4) is 22.8 Å². The number of piperidine rings is 1. The van der Waals surface area contributed by atoms with Gasteiger partial charge in [-0.2, -0.15) is 5.10 Å². The Bertz CT molecular complexity index is 1490. The number of aliphatic hydroxyl groups excluding tert-OH is 1. The van der Waals surface area contributed by atoms with Crippen LogP contribution < -0.4 is 10.2 Å². The Kier molecular flexibility index (Phi) is 5.49. The van der Waals surface area contributed by atoms with Crippen molar-refractivity contribution in [2.45, 2.75) is 38.8 Å². The zero-order valence-corrected chi connectivity index (χ0v) is 19.5. The number of nitrogens with zero attached hydrogens (tertiary/aromatic N) is 6. The summed E-state index contributed by atoms with van der Waals surface area (Å²) in [6, 6.07) is 5.97. The van der Waals surface area contributed by atoms with Crippen molar-refractivity contribution < 1.29 is 5.11 Å². The number of fused-ring (bicyclic) bond motifs is 2. The first-order valence-electron chi connectivity index (χ1n) is 12.0. The number of imidazole rings is 1. The van der Waals surface area contributed by atoms with Crippen LogP contribution in [0.5, 0.6) is 0 Å². The Hall–Kier alpha value is -4.05. The van der Waals surface area contributed by atoms with Crippen LogP contribution in [0, 0.1) is 0 Å². The van der Waals surface area contributed by atoms with Crippen LogP contribution in [-0.2, 0) is 0 Å². The minimum atomic E-state index is -0.625. The molecule has 5 aromatic rings. The molecule has 0 aromatic carbocycles. The molecule has 0 saturated carbocycles. The Balaban J connectivity index is 1.39. The van der Waals surface area contributed by atoms with E-state index in [1.807, 2.05) is 25.3 Å². The average molecular weight is 470 g/mol. The molecule has 35 heavy (non-hydrogen) atoms. The molecule has 6 rings (SSSR count). The fourth-order valence-electron chi connectivity index (χ4n) is 4.62. The standard InChI is InChI=1S/C25H27N9O/c1-2-21(35)29-16-10-15(12-26-13-16)18-11-17-19(14-28-18)32-33-22(17)25-30-23-20(6-7-27-24(23)31-25)34-8-4-3-5-9-34/h6-7,10-14,21,29,35H,2-5,8-9H2,1H3,(H,32,33)(H,27,30,31). The van der Waals surface area contributed by atoms with E-state index in [1.165, 1.54) is 19.3 Å². The fraction of sp³-hybridized carbons (Fsp3) is 0.320. The summed E-state index contributed by atoms with van der Waals surface area (Å²) in [4.78, 5) is 24.1. The van der Waals surface area contributed by atoms with Crippen molar-refractivity contribution in [1.29, 1.82) is 0 Å². The second kappa shape index (κ2) is 8.95. The van der Waals surface area contributed by atoms with E-state index in [0.717, 1.165) is 57.8 Å². The predicted molar refractivity (Wildman–Crippen MR) is 136 cm³/mol. The van der Waals surface area contributed by atoms with Gasteiger partial charge < -0.3 is 20.3 Å². The number of hydrogen-bond donors (Lipinski definition) is 4. The molecule has 0 bridgehead atoms. The summed E-state index contributed by atoms with van der Waals surface area (Å²) >= 11 is 0. The molecule has 10 nitrogen and oxygen atoms in total. The smallest absolute Gasteiger partial charge is 0.180 e. The van der Waals surface area contributed by atoms with Crippen molar-refractivity contribution in [1.82, 2.24) is 35.1 Å². The van der Waals surface area contributed by atoms with Crippen LogP contribution >= 0.6 is 0 Å². The van der Waals surface area contributed by atoms with Gasteiger partial charge in [0.25, 0.3) is 0 Å². The molecule has 1 atom stereocenters. The van der Waals surface area contributed by atoms with Crippen molar-refractivity contribution in [2.24, 2.45) is 0 Å². The topological polar surface area (TPSA) is 132 Å². The lowest BCUT2D eigenvalue weighted by atomic mass is 10.1. The molecule has 1 saturated heterocycles. The average Bonchev–Trinajstić information content (AvgIpc) is 3.53. The Labute approximate surface area is 201 Å².